The minimum absolute atomic E-state index is 0.0858. The molecule has 0 saturated carbocycles. The van der Waals surface area contributed by atoms with Gasteiger partial charge < -0.3 is 14.5 Å². The summed E-state index contributed by atoms with van der Waals surface area (Å²) in [5, 5.41) is 3.04. The lowest BCUT2D eigenvalue weighted by Crippen LogP contribution is -2.35. The van der Waals surface area contributed by atoms with E-state index in [4.69, 9.17) is 9.15 Å². The number of likely N-dealkylation sites (tertiary alicyclic amines) is 1. The van der Waals surface area contributed by atoms with Crippen LogP contribution in [0.1, 0.15) is 48.3 Å². The largest absolute Gasteiger partial charge is 0.497 e. The van der Waals surface area contributed by atoms with Gasteiger partial charge in [-0.2, -0.15) is 0 Å². The molecule has 1 saturated heterocycles. The van der Waals surface area contributed by atoms with Gasteiger partial charge in [-0.3, -0.25) is 9.69 Å². The van der Waals surface area contributed by atoms with E-state index in [-0.39, 0.29) is 5.91 Å². The van der Waals surface area contributed by atoms with Gasteiger partial charge >= 0.3 is 0 Å². The fraction of sp³-hybridized carbons (Fsp3) is 0.522. The van der Waals surface area contributed by atoms with Crippen molar-refractivity contribution in [3.8, 4) is 5.75 Å². The molecular formula is C23H32N2O3. The highest BCUT2D eigenvalue weighted by Crippen LogP contribution is 2.25. The molecule has 1 atom stereocenters. The Balaban J connectivity index is 1.46. The number of carbonyl (C=O) groups excluding carboxylic acids is 1. The van der Waals surface area contributed by atoms with Crippen molar-refractivity contribution in [1.82, 2.24) is 4.90 Å². The molecule has 1 aliphatic rings. The molecule has 0 unspecified atom stereocenters. The molecule has 5 nitrogen and oxygen atoms in total. The van der Waals surface area contributed by atoms with Crippen LogP contribution in [0.4, 0.5) is 5.69 Å². The van der Waals surface area contributed by atoms with Crippen LogP contribution in [0.3, 0.4) is 0 Å². The molecule has 3 rings (SSSR count). The van der Waals surface area contributed by atoms with Crippen molar-refractivity contribution in [2.75, 3.05) is 25.5 Å². The molecule has 2 heterocycles. The van der Waals surface area contributed by atoms with E-state index in [0.29, 0.717) is 12.3 Å². The second-order valence-electron chi connectivity index (χ2n) is 7.96. The predicted octanol–water partition coefficient (Wildman–Crippen LogP) is 4.84. The summed E-state index contributed by atoms with van der Waals surface area (Å²) in [4.78, 5) is 14.9. The Hall–Kier alpha value is -2.27. The second kappa shape index (κ2) is 9.28. The molecule has 152 valence electrons. The number of aryl methyl sites for hydroxylation is 3. The third kappa shape index (κ3) is 5.38. The van der Waals surface area contributed by atoms with E-state index in [1.165, 1.54) is 18.4 Å². The fourth-order valence-corrected chi connectivity index (χ4v) is 3.93. The fourth-order valence-electron chi connectivity index (χ4n) is 3.93. The first-order valence-electron chi connectivity index (χ1n) is 10.2. The first-order valence-corrected chi connectivity index (χ1v) is 10.2. The number of piperidine rings is 1. The molecule has 0 bridgehead atoms. The highest BCUT2D eigenvalue weighted by molar-refractivity contribution is 5.91. The quantitative estimate of drug-likeness (QED) is 0.742. The summed E-state index contributed by atoms with van der Waals surface area (Å²) in [6.45, 7) is 9.09. The summed E-state index contributed by atoms with van der Waals surface area (Å²) in [5.41, 5.74) is 3.09. The van der Waals surface area contributed by atoms with Crippen LogP contribution in [-0.4, -0.2) is 31.0 Å². The normalized spacial score (nSPS) is 17.5. The Morgan fingerprint density at radius 2 is 2.07 bits per heavy atom. The minimum atomic E-state index is 0.0858. The summed E-state index contributed by atoms with van der Waals surface area (Å²) in [7, 11) is 1.65. The Bertz CT molecular complexity index is 793. The Morgan fingerprint density at radius 1 is 1.25 bits per heavy atom. The van der Waals surface area contributed by atoms with Crippen LogP contribution in [0.15, 0.2) is 28.7 Å². The van der Waals surface area contributed by atoms with E-state index >= 15 is 0 Å². The number of ether oxygens (including phenoxy) is 1. The molecule has 2 aromatic rings. The van der Waals surface area contributed by atoms with Crippen LogP contribution >= 0.6 is 0 Å². The summed E-state index contributed by atoms with van der Waals surface area (Å²) >= 11 is 0. The molecule has 1 N–H and O–H groups in total. The lowest BCUT2D eigenvalue weighted by atomic mass is 9.93. The van der Waals surface area contributed by atoms with Gasteiger partial charge in [0.15, 0.2) is 0 Å². The maximum Gasteiger partial charge on any atom is 0.224 e. The SMILES string of the molecule is COc1ccc(NC(=O)CC[C@@H]2CCCN(Cc3cc(C)c(C)o3)C2)c(C)c1. The van der Waals surface area contributed by atoms with E-state index in [1.54, 1.807) is 7.11 Å². The van der Waals surface area contributed by atoms with E-state index in [2.05, 4.69) is 23.2 Å². The summed E-state index contributed by atoms with van der Waals surface area (Å²) < 4.78 is 11.0. The van der Waals surface area contributed by atoms with Gasteiger partial charge in [-0.05, 0) is 87.9 Å². The number of carbonyl (C=O) groups is 1. The number of amides is 1. The molecule has 0 radical (unpaired) electrons. The van der Waals surface area contributed by atoms with Crippen LogP contribution in [0.5, 0.6) is 5.75 Å². The monoisotopic (exact) mass is 384 g/mol. The van der Waals surface area contributed by atoms with Crippen molar-refractivity contribution < 1.29 is 13.9 Å². The smallest absolute Gasteiger partial charge is 0.224 e. The van der Waals surface area contributed by atoms with Crippen LogP contribution < -0.4 is 10.1 Å². The maximum absolute atomic E-state index is 12.4. The first kappa shape index (κ1) is 20.5. The van der Waals surface area contributed by atoms with Crippen LogP contribution in [0.2, 0.25) is 0 Å². The average molecular weight is 385 g/mol. The Labute approximate surface area is 168 Å². The zero-order valence-corrected chi connectivity index (χ0v) is 17.5. The molecule has 0 spiro atoms. The number of furan rings is 1. The van der Waals surface area contributed by atoms with Crippen molar-refractivity contribution in [2.24, 2.45) is 5.92 Å². The van der Waals surface area contributed by atoms with Gasteiger partial charge in [0.25, 0.3) is 0 Å². The number of methoxy groups -OCH3 is 1. The number of hydrogen-bond acceptors (Lipinski definition) is 4. The van der Waals surface area contributed by atoms with Gasteiger partial charge in [-0.15, -0.1) is 0 Å². The van der Waals surface area contributed by atoms with Crippen molar-refractivity contribution in [3.05, 3.63) is 46.9 Å². The Kier molecular flexibility index (Phi) is 6.79. The first-order chi connectivity index (χ1) is 13.4. The van der Waals surface area contributed by atoms with Gasteiger partial charge in [0.05, 0.1) is 13.7 Å². The van der Waals surface area contributed by atoms with E-state index in [0.717, 1.165) is 54.6 Å². The van der Waals surface area contributed by atoms with Gasteiger partial charge in [0.2, 0.25) is 5.91 Å². The third-order valence-corrected chi connectivity index (χ3v) is 5.69. The lowest BCUT2D eigenvalue weighted by molar-refractivity contribution is -0.116. The second-order valence-corrected chi connectivity index (χ2v) is 7.96. The van der Waals surface area contributed by atoms with Crippen molar-refractivity contribution >= 4 is 11.6 Å². The molecule has 1 fully saturated rings. The van der Waals surface area contributed by atoms with E-state index in [1.807, 2.05) is 32.0 Å². The van der Waals surface area contributed by atoms with E-state index in [9.17, 15) is 4.79 Å². The Morgan fingerprint density at radius 3 is 2.75 bits per heavy atom. The summed E-state index contributed by atoms with van der Waals surface area (Å²) in [6.07, 6.45) is 3.86. The molecule has 1 aromatic heterocycles. The molecule has 28 heavy (non-hydrogen) atoms. The average Bonchev–Trinajstić information content (AvgIpc) is 2.99. The predicted molar refractivity (Wildman–Crippen MR) is 112 cm³/mol. The highest BCUT2D eigenvalue weighted by Gasteiger charge is 2.22. The summed E-state index contributed by atoms with van der Waals surface area (Å²) in [6, 6.07) is 7.86. The van der Waals surface area contributed by atoms with Gasteiger partial charge in [0, 0.05) is 18.7 Å². The highest BCUT2D eigenvalue weighted by atomic mass is 16.5. The van der Waals surface area contributed by atoms with Crippen LogP contribution in [-0.2, 0) is 11.3 Å². The van der Waals surface area contributed by atoms with Crippen molar-refractivity contribution in [3.63, 3.8) is 0 Å². The minimum Gasteiger partial charge on any atom is -0.497 e. The molecule has 0 aliphatic carbocycles. The number of hydrogen-bond donors (Lipinski definition) is 1. The van der Waals surface area contributed by atoms with Gasteiger partial charge in [0.1, 0.15) is 17.3 Å². The molecule has 1 amide bonds. The standard InChI is InChI=1S/C23H32N2O3/c1-16-12-21(28-18(16)3)15-25-11-5-6-19(14-25)7-10-23(26)24-22-9-8-20(27-4)13-17(22)2/h8-9,12-13,19H,5-7,10-11,14-15H2,1-4H3,(H,24,26)/t19-/m0/s1. The lowest BCUT2D eigenvalue weighted by Gasteiger charge is -2.32. The van der Waals surface area contributed by atoms with Crippen LogP contribution in [0, 0.1) is 26.7 Å². The number of benzene rings is 1. The van der Waals surface area contributed by atoms with Crippen molar-refractivity contribution in [1.29, 1.82) is 0 Å². The zero-order valence-electron chi connectivity index (χ0n) is 17.5. The summed E-state index contributed by atoms with van der Waals surface area (Å²) in [5.74, 6) is 3.51. The number of anilines is 1. The van der Waals surface area contributed by atoms with Crippen molar-refractivity contribution in [2.45, 2.75) is 53.0 Å². The molecule has 5 heteroatoms. The van der Waals surface area contributed by atoms with Crippen LogP contribution in [0.25, 0.3) is 0 Å². The molecule has 1 aromatic carbocycles. The number of nitrogens with one attached hydrogen (secondary N) is 1. The third-order valence-electron chi connectivity index (χ3n) is 5.69. The zero-order chi connectivity index (χ0) is 20.1. The molecular weight excluding hydrogens is 352 g/mol. The van der Waals surface area contributed by atoms with Gasteiger partial charge in [-0.1, -0.05) is 0 Å². The molecule has 1 aliphatic heterocycles. The number of nitrogens with zero attached hydrogens (tertiary/aromatic N) is 1. The van der Waals surface area contributed by atoms with Gasteiger partial charge in [-0.25, -0.2) is 0 Å². The topological polar surface area (TPSA) is 54.7 Å². The number of rotatable bonds is 7. The van der Waals surface area contributed by atoms with E-state index < -0.39 is 0 Å². The maximum atomic E-state index is 12.4.